The number of thiazole rings is 1. The smallest absolute Gasteiger partial charge is 0.338 e. The Kier molecular flexibility index (Phi) is 7.53. The van der Waals surface area contributed by atoms with Crippen molar-refractivity contribution in [3.05, 3.63) is 58.8 Å². The van der Waals surface area contributed by atoms with E-state index in [1.165, 1.54) is 36.6 Å². The Bertz CT molecular complexity index is 1510. The summed E-state index contributed by atoms with van der Waals surface area (Å²) in [5.41, 5.74) is 6.09. The number of carbonyl (C=O) groups excluding carboxylic acids is 1. The van der Waals surface area contributed by atoms with E-state index in [9.17, 15) is 4.79 Å². The predicted molar refractivity (Wildman–Crippen MR) is 159 cm³/mol. The molecular formula is C32H37N3O4S. The minimum Gasteiger partial charge on any atom is -0.489 e. The number of ether oxygens (including phenoxy) is 2. The van der Waals surface area contributed by atoms with E-state index in [4.69, 9.17) is 19.0 Å². The van der Waals surface area contributed by atoms with Crippen LogP contribution in [0.25, 0.3) is 21.5 Å². The van der Waals surface area contributed by atoms with Crippen LogP contribution in [0.2, 0.25) is 0 Å². The summed E-state index contributed by atoms with van der Waals surface area (Å²) in [6.45, 7) is 8.05. The molecule has 0 N–H and O–H groups in total. The normalized spacial score (nSPS) is 16.2. The molecule has 1 aliphatic carbocycles. The van der Waals surface area contributed by atoms with Crippen molar-refractivity contribution in [2.45, 2.75) is 71.3 Å². The summed E-state index contributed by atoms with van der Waals surface area (Å²) in [6.07, 6.45) is 6.81. The summed E-state index contributed by atoms with van der Waals surface area (Å²) < 4.78 is 17.9. The second-order valence-corrected chi connectivity index (χ2v) is 12.4. The Balaban J connectivity index is 1.15. The first-order chi connectivity index (χ1) is 19.4. The lowest BCUT2D eigenvalue weighted by molar-refractivity contribution is 0.0600. The Morgan fingerprint density at radius 1 is 1.15 bits per heavy atom. The van der Waals surface area contributed by atoms with Gasteiger partial charge in [0.25, 0.3) is 0 Å². The van der Waals surface area contributed by atoms with Gasteiger partial charge in [-0.2, -0.15) is 0 Å². The number of rotatable bonds is 9. The molecule has 4 aromatic rings. The lowest BCUT2D eigenvalue weighted by Gasteiger charge is -2.31. The largest absolute Gasteiger partial charge is 0.489 e. The zero-order valence-electron chi connectivity index (χ0n) is 23.7. The maximum Gasteiger partial charge on any atom is 0.338 e. The molecule has 210 valence electrons. The van der Waals surface area contributed by atoms with Crippen LogP contribution >= 0.6 is 11.3 Å². The van der Waals surface area contributed by atoms with Crippen LogP contribution in [0.3, 0.4) is 0 Å². The molecule has 8 heteroatoms. The SMILES string of the molecule is COC(=O)c1cc(OC(C)C)c2nc(N3CCC(CCc4c(-c5ccccc5C)noc4C4CC4)CC3)sc2c1. The fourth-order valence-corrected chi connectivity index (χ4v) is 6.82. The van der Waals surface area contributed by atoms with Gasteiger partial charge in [-0.25, -0.2) is 9.78 Å². The van der Waals surface area contributed by atoms with Gasteiger partial charge in [-0.05, 0) is 82.9 Å². The molecule has 40 heavy (non-hydrogen) atoms. The number of hydrogen-bond acceptors (Lipinski definition) is 8. The van der Waals surface area contributed by atoms with Crippen LogP contribution in [0.1, 0.15) is 79.1 Å². The van der Waals surface area contributed by atoms with Crippen LogP contribution < -0.4 is 9.64 Å². The first-order valence-electron chi connectivity index (χ1n) is 14.4. The van der Waals surface area contributed by atoms with Gasteiger partial charge in [0.05, 0.1) is 23.5 Å². The fraction of sp³-hybridized carbons (Fsp3) is 0.469. The van der Waals surface area contributed by atoms with Crippen LogP contribution in [0.5, 0.6) is 5.75 Å². The van der Waals surface area contributed by atoms with E-state index in [0.29, 0.717) is 23.1 Å². The second kappa shape index (κ2) is 11.2. The lowest BCUT2D eigenvalue weighted by Crippen LogP contribution is -2.33. The number of carbonyl (C=O) groups is 1. The van der Waals surface area contributed by atoms with Gasteiger partial charge in [-0.1, -0.05) is 40.8 Å². The number of aryl methyl sites for hydroxylation is 1. The van der Waals surface area contributed by atoms with Crippen LogP contribution in [-0.2, 0) is 11.2 Å². The number of piperidine rings is 1. The van der Waals surface area contributed by atoms with Gasteiger partial charge in [-0.3, -0.25) is 0 Å². The van der Waals surface area contributed by atoms with Gasteiger partial charge in [-0.15, -0.1) is 0 Å². The van der Waals surface area contributed by atoms with Crippen molar-refractivity contribution < 1.29 is 18.8 Å². The van der Waals surface area contributed by atoms with Crippen molar-refractivity contribution in [1.29, 1.82) is 0 Å². The Labute approximate surface area is 239 Å². The first-order valence-corrected chi connectivity index (χ1v) is 15.2. The lowest BCUT2D eigenvalue weighted by atomic mass is 9.89. The Hall–Kier alpha value is -3.39. The van der Waals surface area contributed by atoms with E-state index in [-0.39, 0.29) is 12.1 Å². The Morgan fingerprint density at radius 2 is 1.93 bits per heavy atom. The van der Waals surface area contributed by atoms with Gasteiger partial charge >= 0.3 is 5.97 Å². The van der Waals surface area contributed by atoms with Crippen molar-refractivity contribution in [3.8, 4) is 17.0 Å². The van der Waals surface area contributed by atoms with Crippen LogP contribution in [0.15, 0.2) is 40.9 Å². The predicted octanol–water partition coefficient (Wildman–Crippen LogP) is 7.56. The van der Waals surface area contributed by atoms with E-state index in [1.54, 1.807) is 17.4 Å². The van der Waals surface area contributed by atoms with E-state index in [2.05, 4.69) is 41.2 Å². The number of hydrogen-bond donors (Lipinski definition) is 0. The molecule has 1 saturated heterocycles. The van der Waals surface area contributed by atoms with Gasteiger partial charge in [0, 0.05) is 30.1 Å². The zero-order chi connectivity index (χ0) is 27.8. The maximum atomic E-state index is 12.3. The van der Waals surface area contributed by atoms with Crippen LogP contribution in [0.4, 0.5) is 5.13 Å². The molecule has 0 unspecified atom stereocenters. The standard InChI is InChI=1S/C32H37N3O4S/c1-19(2)38-26-17-23(31(36)37-4)18-27-29(26)33-32(40-27)35-15-13-21(14-16-35)9-12-25-28(24-8-6-5-7-20(24)3)34-39-30(25)22-10-11-22/h5-8,17-19,21-22H,9-16H2,1-4H3. The van der Waals surface area contributed by atoms with Crippen molar-refractivity contribution in [2.75, 3.05) is 25.1 Å². The summed E-state index contributed by atoms with van der Waals surface area (Å²) in [5, 5.41) is 5.55. The highest BCUT2D eigenvalue weighted by molar-refractivity contribution is 7.22. The number of methoxy groups -OCH3 is 1. The minimum atomic E-state index is -0.366. The topological polar surface area (TPSA) is 77.7 Å². The van der Waals surface area contributed by atoms with Gasteiger partial charge in [0.15, 0.2) is 5.13 Å². The molecule has 0 bridgehead atoms. The number of benzene rings is 2. The van der Waals surface area contributed by atoms with E-state index >= 15 is 0 Å². The third kappa shape index (κ3) is 5.46. The minimum absolute atomic E-state index is 0.0193. The summed E-state index contributed by atoms with van der Waals surface area (Å²) in [4.78, 5) is 19.6. The number of aromatic nitrogens is 2. The summed E-state index contributed by atoms with van der Waals surface area (Å²) in [6, 6.07) is 12.1. The van der Waals surface area contributed by atoms with Gasteiger partial charge in [0.2, 0.25) is 0 Å². The molecular weight excluding hydrogens is 522 g/mol. The number of nitrogens with zero attached hydrogens (tertiary/aromatic N) is 3. The molecule has 0 radical (unpaired) electrons. The van der Waals surface area contributed by atoms with Crippen molar-refractivity contribution in [3.63, 3.8) is 0 Å². The molecule has 2 fully saturated rings. The highest BCUT2D eigenvalue weighted by Gasteiger charge is 2.33. The fourth-order valence-electron chi connectivity index (χ4n) is 5.74. The summed E-state index contributed by atoms with van der Waals surface area (Å²) in [5.74, 6) is 2.59. The first kappa shape index (κ1) is 26.8. The second-order valence-electron chi connectivity index (χ2n) is 11.4. The average Bonchev–Trinajstić information content (AvgIpc) is 3.56. The Morgan fingerprint density at radius 3 is 2.62 bits per heavy atom. The number of esters is 1. The summed E-state index contributed by atoms with van der Waals surface area (Å²) >= 11 is 1.62. The molecule has 2 aromatic heterocycles. The molecule has 7 nitrogen and oxygen atoms in total. The maximum absolute atomic E-state index is 12.3. The third-order valence-corrected chi connectivity index (χ3v) is 9.15. The van der Waals surface area contributed by atoms with Crippen molar-refractivity contribution in [1.82, 2.24) is 10.1 Å². The van der Waals surface area contributed by atoms with E-state index in [0.717, 1.165) is 65.6 Å². The van der Waals surface area contributed by atoms with Crippen LogP contribution in [0, 0.1) is 12.8 Å². The zero-order valence-corrected chi connectivity index (χ0v) is 24.6. The quantitative estimate of drug-likeness (QED) is 0.196. The summed E-state index contributed by atoms with van der Waals surface area (Å²) in [7, 11) is 1.40. The molecule has 1 saturated carbocycles. The average molecular weight is 560 g/mol. The molecule has 1 aliphatic heterocycles. The third-order valence-electron chi connectivity index (χ3n) is 8.09. The van der Waals surface area contributed by atoms with Crippen molar-refractivity contribution in [2.24, 2.45) is 5.92 Å². The highest BCUT2D eigenvalue weighted by Crippen LogP contribution is 2.45. The van der Waals surface area contributed by atoms with Crippen molar-refractivity contribution >= 4 is 32.7 Å². The molecule has 6 rings (SSSR count). The number of fused-ring (bicyclic) bond motifs is 1. The number of anilines is 1. The van der Waals surface area contributed by atoms with Gasteiger partial charge < -0.3 is 18.9 Å². The molecule has 0 spiro atoms. The molecule has 3 heterocycles. The monoisotopic (exact) mass is 559 g/mol. The molecule has 0 amide bonds. The molecule has 0 atom stereocenters. The van der Waals surface area contributed by atoms with Gasteiger partial charge in [0.1, 0.15) is 22.7 Å². The van der Waals surface area contributed by atoms with Crippen LogP contribution in [-0.4, -0.2) is 42.4 Å². The molecule has 2 aliphatic rings. The van der Waals surface area contributed by atoms with E-state index < -0.39 is 0 Å². The van der Waals surface area contributed by atoms with E-state index in [1.807, 2.05) is 19.9 Å². The highest BCUT2D eigenvalue weighted by atomic mass is 32.1. The molecule has 2 aromatic carbocycles.